The van der Waals surface area contributed by atoms with Gasteiger partial charge in [-0.1, -0.05) is 29.8 Å². The van der Waals surface area contributed by atoms with E-state index in [0.29, 0.717) is 11.3 Å². The minimum Gasteiger partial charge on any atom is -0.448 e. The molecule has 0 aliphatic carbocycles. The van der Waals surface area contributed by atoms with Gasteiger partial charge in [-0.25, -0.2) is 13.2 Å². The van der Waals surface area contributed by atoms with E-state index >= 15 is 0 Å². The summed E-state index contributed by atoms with van der Waals surface area (Å²) >= 11 is 1.27. The molecule has 2 aromatic rings. The molecule has 150 valence electrons. The first kappa shape index (κ1) is 20.5. The third-order valence-electron chi connectivity index (χ3n) is 4.95. The maximum Gasteiger partial charge on any atom is 0.349 e. The number of likely N-dealkylation sites (N-methyl/N-ethyl adjacent to an activating group) is 1. The van der Waals surface area contributed by atoms with E-state index in [1.54, 1.807) is 7.05 Å². The predicted molar refractivity (Wildman–Crippen MR) is 109 cm³/mol. The number of hydrogen-bond acceptors (Lipinski definition) is 6. The van der Waals surface area contributed by atoms with Crippen LogP contribution in [0.4, 0.5) is 0 Å². The number of ether oxygens (including phenoxy) is 1. The average molecular weight is 422 g/mol. The van der Waals surface area contributed by atoms with Crippen LogP contribution in [0.25, 0.3) is 11.1 Å². The predicted octanol–water partition coefficient (Wildman–Crippen LogP) is 2.91. The van der Waals surface area contributed by atoms with E-state index in [9.17, 15) is 18.0 Å². The van der Waals surface area contributed by atoms with Crippen molar-refractivity contribution in [1.82, 2.24) is 4.90 Å². The lowest BCUT2D eigenvalue weighted by Gasteiger charge is -2.26. The van der Waals surface area contributed by atoms with Crippen molar-refractivity contribution in [2.45, 2.75) is 32.4 Å². The molecule has 1 fully saturated rings. The zero-order chi connectivity index (χ0) is 20.5. The Morgan fingerprint density at radius 1 is 1.21 bits per heavy atom. The molecule has 0 saturated carbocycles. The summed E-state index contributed by atoms with van der Waals surface area (Å²) in [5.74, 6) is -0.917. The van der Waals surface area contributed by atoms with E-state index in [4.69, 9.17) is 4.74 Å². The second-order valence-corrected chi connectivity index (χ2v) is 10.2. The Labute approximate surface area is 169 Å². The van der Waals surface area contributed by atoms with Crippen molar-refractivity contribution in [3.8, 4) is 11.1 Å². The summed E-state index contributed by atoms with van der Waals surface area (Å²) in [5, 5.41) is 1.81. The Hall–Kier alpha value is -2.19. The van der Waals surface area contributed by atoms with Crippen LogP contribution in [0.1, 0.15) is 28.6 Å². The number of hydrogen-bond donors (Lipinski definition) is 0. The van der Waals surface area contributed by atoms with Crippen molar-refractivity contribution in [2.24, 2.45) is 0 Å². The normalized spacial score (nSPS) is 19.2. The minimum absolute atomic E-state index is 0.0433. The van der Waals surface area contributed by atoms with Crippen LogP contribution < -0.4 is 0 Å². The second kappa shape index (κ2) is 8.05. The molecular formula is C20H23NO5S2. The minimum atomic E-state index is -3.10. The Bertz CT molecular complexity index is 978. The van der Waals surface area contributed by atoms with Crippen molar-refractivity contribution in [2.75, 3.05) is 18.6 Å². The molecule has 1 aliphatic rings. The van der Waals surface area contributed by atoms with Gasteiger partial charge in [-0.2, -0.15) is 0 Å². The SMILES string of the molecule is Cc1ccc(-c2ccsc2C(=O)OC(C)C(=O)N(C)C2CCS(=O)(=O)C2)cc1. The summed E-state index contributed by atoms with van der Waals surface area (Å²) in [4.78, 5) is 27.1. The van der Waals surface area contributed by atoms with Crippen molar-refractivity contribution in [3.63, 3.8) is 0 Å². The molecule has 1 aromatic carbocycles. The van der Waals surface area contributed by atoms with Gasteiger partial charge in [0, 0.05) is 18.7 Å². The lowest BCUT2D eigenvalue weighted by Crippen LogP contribution is -2.44. The van der Waals surface area contributed by atoms with Crippen LogP contribution in [0.5, 0.6) is 0 Å². The zero-order valence-electron chi connectivity index (χ0n) is 16.0. The molecule has 0 radical (unpaired) electrons. The van der Waals surface area contributed by atoms with Crippen molar-refractivity contribution in [3.05, 3.63) is 46.2 Å². The lowest BCUT2D eigenvalue weighted by molar-refractivity contribution is -0.140. The third kappa shape index (κ3) is 4.44. The van der Waals surface area contributed by atoms with E-state index < -0.39 is 27.8 Å². The van der Waals surface area contributed by atoms with Gasteiger partial charge in [0.05, 0.1) is 11.5 Å². The van der Waals surface area contributed by atoms with Crippen LogP contribution in [0.15, 0.2) is 35.7 Å². The van der Waals surface area contributed by atoms with E-state index in [-0.39, 0.29) is 17.5 Å². The molecular weight excluding hydrogens is 398 g/mol. The van der Waals surface area contributed by atoms with Crippen LogP contribution in [0.3, 0.4) is 0 Å². The lowest BCUT2D eigenvalue weighted by atomic mass is 10.1. The highest BCUT2D eigenvalue weighted by Crippen LogP contribution is 2.29. The standard InChI is InChI=1S/C20H23NO5S2/c1-13-4-6-15(7-5-13)17-8-10-27-18(17)20(23)26-14(2)19(22)21(3)16-9-11-28(24,25)12-16/h4-8,10,14,16H,9,11-12H2,1-3H3. The number of carbonyl (C=O) groups excluding carboxylic acids is 2. The number of sulfone groups is 1. The number of carbonyl (C=O) groups is 2. The fourth-order valence-corrected chi connectivity index (χ4v) is 5.81. The molecule has 1 aromatic heterocycles. The molecule has 28 heavy (non-hydrogen) atoms. The maximum atomic E-state index is 12.7. The van der Waals surface area contributed by atoms with Gasteiger partial charge in [0.1, 0.15) is 4.88 Å². The van der Waals surface area contributed by atoms with E-state index in [2.05, 4.69) is 0 Å². The topological polar surface area (TPSA) is 80.8 Å². The van der Waals surface area contributed by atoms with Crippen LogP contribution in [-0.4, -0.2) is 55.9 Å². The van der Waals surface area contributed by atoms with Gasteiger partial charge in [0.15, 0.2) is 15.9 Å². The van der Waals surface area contributed by atoms with Crippen LogP contribution >= 0.6 is 11.3 Å². The van der Waals surface area contributed by atoms with Crippen LogP contribution in [0, 0.1) is 6.92 Å². The molecule has 6 nitrogen and oxygen atoms in total. The highest BCUT2D eigenvalue weighted by atomic mass is 32.2. The Morgan fingerprint density at radius 2 is 1.89 bits per heavy atom. The molecule has 2 atom stereocenters. The number of aryl methyl sites for hydroxylation is 1. The molecule has 2 unspecified atom stereocenters. The van der Waals surface area contributed by atoms with Crippen molar-refractivity contribution >= 4 is 33.1 Å². The smallest absolute Gasteiger partial charge is 0.349 e. The van der Waals surface area contributed by atoms with Gasteiger partial charge in [0.2, 0.25) is 0 Å². The first-order chi connectivity index (χ1) is 13.2. The molecule has 3 rings (SSSR count). The van der Waals surface area contributed by atoms with Crippen LogP contribution in [-0.2, 0) is 19.4 Å². The highest BCUT2D eigenvalue weighted by molar-refractivity contribution is 7.91. The number of rotatable bonds is 5. The van der Waals surface area contributed by atoms with E-state index in [1.807, 2.05) is 42.6 Å². The first-order valence-electron chi connectivity index (χ1n) is 9.00. The zero-order valence-corrected chi connectivity index (χ0v) is 17.7. The van der Waals surface area contributed by atoms with Gasteiger partial charge in [-0.05, 0) is 37.3 Å². The first-order valence-corrected chi connectivity index (χ1v) is 11.7. The van der Waals surface area contributed by atoms with Crippen LogP contribution in [0.2, 0.25) is 0 Å². The summed E-state index contributed by atoms with van der Waals surface area (Å²) in [7, 11) is -1.54. The van der Waals surface area contributed by atoms with Gasteiger partial charge in [0.25, 0.3) is 5.91 Å². The Kier molecular flexibility index (Phi) is 5.90. The fraction of sp³-hybridized carbons (Fsp3) is 0.400. The van der Waals surface area contributed by atoms with E-state index in [0.717, 1.165) is 16.7 Å². The molecule has 8 heteroatoms. The number of nitrogens with zero attached hydrogens (tertiary/aromatic N) is 1. The summed E-state index contributed by atoms with van der Waals surface area (Å²) < 4.78 is 28.7. The highest BCUT2D eigenvalue weighted by Gasteiger charge is 2.35. The van der Waals surface area contributed by atoms with Gasteiger partial charge >= 0.3 is 5.97 Å². The van der Waals surface area contributed by atoms with Crippen molar-refractivity contribution < 1.29 is 22.7 Å². The third-order valence-corrected chi connectivity index (χ3v) is 7.59. The summed E-state index contributed by atoms with van der Waals surface area (Å²) in [6, 6.07) is 9.31. The quantitative estimate of drug-likeness (QED) is 0.694. The summed E-state index contributed by atoms with van der Waals surface area (Å²) in [6.45, 7) is 3.51. The molecule has 2 heterocycles. The number of esters is 1. The average Bonchev–Trinajstić information content (AvgIpc) is 3.27. The van der Waals surface area contributed by atoms with Gasteiger partial charge in [-0.15, -0.1) is 11.3 Å². The summed E-state index contributed by atoms with van der Waals surface area (Å²) in [6.07, 6.45) is -0.581. The number of benzene rings is 1. The van der Waals surface area contributed by atoms with Gasteiger partial charge < -0.3 is 9.64 Å². The molecule has 0 N–H and O–H groups in total. The monoisotopic (exact) mass is 421 g/mol. The number of thiophene rings is 1. The molecule has 1 amide bonds. The largest absolute Gasteiger partial charge is 0.448 e. The second-order valence-electron chi connectivity index (χ2n) is 7.08. The number of amides is 1. The molecule has 0 bridgehead atoms. The van der Waals surface area contributed by atoms with Gasteiger partial charge in [-0.3, -0.25) is 4.79 Å². The maximum absolute atomic E-state index is 12.7. The van der Waals surface area contributed by atoms with Crippen molar-refractivity contribution in [1.29, 1.82) is 0 Å². The Morgan fingerprint density at radius 3 is 2.50 bits per heavy atom. The summed E-state index contributed by atoms with van der Waals surface area (Å²) in [5.41, 5.74) is 2.80. The Balaban J connectivity index is 1.69. The molecule has 0 spiro atoms. The van der Waals surface area contributed by atoms with E-state index in [1.165, 1.54) is 23.2 Å². The molecule has 1 saturated heterocycles. The fourth-order valence-electron chi connectivity index (χ4n) is 3.24. The molecule has 1 aliphatic heterocycles.